The molecule has 0 radical (unpaired) electrons. The summed E-state index contributed by atoms with van der Waals surface area (Å²) in [5.41, 5.74) is 1.61. The SMILES string of the molecule is Cc1ncccc1OC(=O)N1CCC(c2nc(-c3ccc(Cl)cc3)n[nH]2)CC1. The summed E-state index contributed by atoms with van der Waals surface area (Å²) in [4.78, 5) is 22.9. The van der Waals surface area contributed by atoms with E-state index >= 15 is 0 Å². The predicted octanol–water partition coefficient (Wildman–Crippen LogP) is 4.21. The number of hydrogen-bond donors (Lipinski definition) is 1. The highest BCUT2D eigenvalue weighted by molar-refractivity contribution is 6.30. The van der Waals surface area contributed by atoms with Crippen molar-refractivity contribution >= 4 is 17.7 Å². The molecular weight excluding hydrogens is 378 g/mol. The van der Waals surface area contributed by atoms with Crippen molar-refractivity contribution in [3.05, 3.63) is 59.1 Å². The molecule has 28 heavy (non-hydrogen) atoms. The topological polar surface area (TPSA) is 84.0 Å². The zero-order valence-corrected chi connectivity index (χ0v) is 16.2. The molecule has 3 heterocycles. The molecule has 2 aromatic heterocycles. The van der Waals surface area contributed by atoms with Crippen molar-refractivity contribution < 1.29 is 9.53 Å². The lowest BCUT2D eigenvalue weighted by Gasteiger charge is -2.30. The first-order chi connectivity index (χ1) is 13.6. The van der Waals surface area contributed by atoms with Crippen molar-refractivity contribution in [2.24, 2.45) is 0 Å². The predicted molar refractivity (Wildman–Crippen MR) is 105 cm³/mol. The second kappa shape index (κ2) is 7.98. The Balaban J connectivity index is 1.36. The number of carbonyl (C=O) groups excluding carboxylic acids is 1. The third kappa shape index (κ3) is 3.99. The van der Waals surface area contributed by atoms with Gasteiger partial charge in [-0.2, -0.15) is 5.10 Å². The van der Waals surface area contributed by atoms with E-state index in [4.69, 9.17) is 16.3 Å². The molecule has 0 saturated carbocycles. The van der Waals surface area contributed by atoms with Crippen molar-refractivity contribution in [2.45, 2.75) is 25.7 Å². The van der Waals surface area contributed by atoms with Gasteiger partial charge in [-0.1, -0.05) is 11.6 Å². The standard InChI is InChI=1S/C20H20ClN5O2/c1-13-17(3-2-10-22-13)28-20(27)26-11-8-15(9-12-26)19-23-18(24-25-19)14-4-6-16(21)7-5-14/h2-7,10,15H,8-9,11-12H2,1H3,(H,23,24,25). The molecule has 0 bridgehead atoms. The van der Waals surface area contributed by atoms with Crippen LogP contribution in [0.1, 0.15) is 30.3 Å². The molecule has 7 nitrogen and oxygen atoms in total. The Hall–Kier alpha value is -2.93. The number of benzene rings is 1. The minimum Gasteiger partial charge on any atom is -0.408 e. The van der Waals surface area contributed by atoms with E-state index in [2.05, 4.69) is 20.2 Å². The van der Waals surface area contributed by atoms with Gasteiger partial charge in [0.1, 0.15) is 5.82 Å². The number of halogens is 1. The first-order valence-electron chi connectivity index (χ1n) is 9.17. The number of ether oxygens (including phenoxy) is 1. The molecule has 0 unspecified atom stereocenters. The average Bonchev–Trinajstić information content (AvgIpc) is 3.20. The Labute approximate surface area is 167 Å². The highest BCUT2D eigenvalue weighted by atomic mass is 35.5. The molecule has 1 aliphatic rings. The van der Waals surface area contributed by atoms with E-state index in [0.29, 0.717) is 35.4 Å². The Morgan fingerprint density at radius 2 is 1.96 bits per heavy atom. The molecule has 1 amide bonds. The lowest BCUT2D eigenvalue weighted by Crippen LogP contribution is -2.39. The quantitative estimate of drug-likeness (QED) is 0.715. The second-order valence-electron chi connectivity index (χ2n) is 6.77. The largest absolute Gasteiger partial charge is 0.415 e. The summed E-state index contributed by atoms with van der Waals surface area (Å²) in [6.45, 7) is 3.04. The van der Waals surface area contributed by atoms with Gasteiger partial charge in [0.05, 0.1) is 5.69 Å². The van der Waals surface area contributed by atoms with E-state index in [-0.39, 0.29) is 12.0 Å². The number of carbonyl (C=O) groups is 1. The van der Waals surface area contributed by atoms with Crippen molar-refractivity contribution in [1.29, 1.82) is 0 Å². The van der Waals surface area contributed by atoms with Crippen LogP contribution < -0.4 is 4.74 Å². The van der Waals surface area contributed by atoms with E-state index in [1.807, 2.05) is 31.2 Å². The van der Waals surface area contributed by atoms with Crippen LogP contribution in [0, 0.1) is 6.92 Å². The second-order valence-corrected chi connectivity index (χ2v) is 7.20. The molecule has 1 aliphatic heterocycles. The summed E-state index contributed by atoms with van der Waals surface area (Å²) in [5.74, 6) is 2.23. The van der Waals surface area contributed by atoms with Gasteiger partial charge in [-0.15, -0.1) is 0 Å². The van der Waals surface area contributed by atoms with Crippen LogP contribution in [0.25, 0.3) is 11.4 Å². The first kappa shape index (κ1) is 18.4. The lowest BCUT2D eigenvalue weighted by atomic mass is 9.96. The van der Waals surface area contributed by atoms with Crippen LogP contribution in [0.4, 0.5) is 4.79 Å². The highest BCUT2D eigenvalue weighted by Gasteiger charge is 2.27. The Bertz CT molecular complexity index is 965. The molecule has 0 aliphatic carbocycles. The monoisotopic (exact) mass is 397 g/mol. The van der Waals surface area contributed by atoms with Crippen LogP contribution in [0.3, 0.4) is 0 Å². The van der Waals surface area contributed by atoms with Crippen LogP contribution in [0.2, 0.25) is 5.02 Å². The number of H-pyrrole nitrogens is 1. The number of nitrogens with one attached hydrogen (secondary N) is 1. The van der Waals surface area contributed by atoms with Gasteiger partial charge in [-0.05, 0) is 56.2 Å². The van der Waals surface area contributed by atoms with Gasteiger partial charge in [-0.3, -0.25) is 10.1 Å². The van der Waals surface area contributed by atoms with E-state index < -0.39 is 0 Å². The molecule has 4 rings (SSSR count). The van der Waals surface area contributed by atoms with E-state index in [0.717, 1.165) is 24.2 Å². The van der Waals surface area contributed by atoms with Gasteiger partial charge in [0.15, 0.2) is 11.6 Å². The fourth-order valence-electron chi connectivity index (χ4n) is 3.26. The summed E-state index contributed by atoms with van der Waals surface area (Å²) in [6, 6.07) is 10.9. The molecule has 144 valence electrons. The maximum Gasteiger partial charge on any atom is 0.415 e. The number of pyridine rings is 1. The van der Waals surface area contributed by atoms with Crippen molar-refractivity contribution in [2.75, 3.05) is 13.1 Å². The minimum atomic E-state index is -0.339. The van der Waals surface area contributed by atoms with Gasteiger partial charge in [0, 0.05) is 35.8 Å². The maximum atomic E-state index is 12.4. The third-order valence-corrected chi connectivity index (χ3v) is 5.15. The molecule has 1 N–H and O–H groups in total. The van der Waals surface area contributed by atoms with Crippen LogP contribution in [-0.4, -0.2) is 44.2 Å². The Morgan fingerprint density at radius 3 is 2.68 bits per heavy atom. The molecule has 1 fully saturated rings. The lowest BCUT2D eigenvalue weighted by molar-refractivity contribution is 0.137. The summed E-state index contributed by atoms with van der Waals surface area (Å²) in [7, 11) is 0. The van der Waals surface area contributed by atoms with Gasteiger partial charge in [-0.25, -0.2) is 9.78 Å². The molecule has 0 spiro atoms. The number of aromatic amines is 1. The normalized spacial score (nSPS) is 14.9. The van der Waals surface area contributed by atoms with Crippen LogP contribution >= 0.6 is 11.6 Å². The average molecular weight is 398 g/mol. The molecule has 8 heteroatoms. The van der Waals surface area contributed by atoms with Gasteiger partial charge in [0.2, 0.25) is 0 Å². The molecule has 0 atom stereocenters. The molecular formula is C20H20ClN5O2. The third-order valence-electron chi connectivity index (χ3n) is 4.90. The summed E-state index contributed by atoms with van der Waals surface area (Å²) in [5, 5.41) is 8.04. The zero-order chi connectivity index (χ0) is 19.5. The van der Waals surface area contributed by atoms with Crippen molar-refractivity contribution in [3.8, 4) is 17.1 Å². The molecule has 3 aromatic rings. The number of aryl methyl sites for hydroxylation is 1. The Morgan fingerprint density at radius 1 is 1.21 bits per heavy atom. The number of nitrogens with zero attached hydrogens (tertiary/aromatic N) is 4. The number of hydrogen-bond acceptors (Lipinski definition) is 5. The van der Waals surface area contributed by atoms with Crippen LogP contribution in [-0.2, 0) is 0 Å². The number of amides is 1. The van der Waals surface area contributed by atoms with Gasteiger partial charge >= 0.3 is 6.09 Å². The fraction of sp³-hybridized carbons (Fsp3) is 0.300. The van der Waals surface area contributed by atoms with Gasteiger partial charge in [0.25, 0.3) is 0 Å². The Kier molecular flexibility index (Phi) is 5.25. The molecule has 1 saturated heterocycles. The fourth-order valence-corrected chi connectivity index (χ4v) is 3.38. The first-order valence-corrected chi connectivity index (χ1v) is 9.54. The van der Waals surface area contributed by atoms with Gasteiger partial charge < -0.3 is 9.64 Å². The number of aromatic nitrogens is 4. The van der Waals surface area contributed by atoms with Crippen LogP contribution in [0.15, 0.2) is 42.6 Å². The number of likely N-dealkylation sites (tertiary alicyclic amines) is 1. The maximum absolute atomic E-state index is 12.4. The summed E-state index contributed by atoms with van der Waals surface area (Å²) in [6.07, 6.45) is 2.94. The number of rotatable bonds is 3. The highest BCUT2D eigenvalue weighted by Crippen LogP contribution is 2.28. The molecule has 1 aromatic carbocycles. The van der Waals surface area contributed by atoms with E-state index in [1.54, 1.807) is 23.2 Å². The van der Waals surface area contributed by atoms with Crippen LogP contribution in [0.5, 0.6) is 5.75 Å². The summed E-state index contributed by atoms with van der Waals surface area (Å²) >= 11 is 5.93. The van der Waals surface area contributed by atoms with Crippen molar-refractivity contribution in [1.82, 2.24) is 25.1 Å². The smallest absolute Gasteiger partial charge is 0.408 e. The van der Waals surface area contributed by atoms with Crippen molar-refractivity contribution in [3.63, 3.8) is 0 Å². The minimum absolute atomic E-state index is 0.234. The van der Waals surface area contributed by atoms with E-state index in [1.165, 1.54) is 0 Å². The number of piperidine rings is 1. The zero-order valence-electron chi connectivity index (χ0n) is 15.4. The van der Waals surface area contributed by atoms with E-state index in [9.17, 15) is 4.79 Å². The summed E-state index contributed by atoms with van der Waals surface area (Å²) < 4.78 is 5.48.